The smallest absolute Gasteiger partial charge is 0.0420 e. The second-order valence-electron chi connectivity index (χ2n) is 4.27. The molecule has 0 heterocycles. The van der Waals surface area contributed by atoms with E-state index in [0.29, 0.717) is 0 Å². The maximum atomic E-state index is 3.60. The van der Waals surface area contributed by atoms with Gasteiger partial charge >= 0.3 is 0 Å². The Balaban J connectivity index is 2.20. The van der Waals surface area contributed by atoms with E-state index in [0.717, 1.165) is 11.0 Å². The van der Waals surface area contributed by atoms with Crippen molar-refractivity contribution in [2.45, 2.75) is 26.2 Å². The lowest BCUT2D eigenvalue weighted by Crippen LogP contribution is -2.01. The zero-order valence-corrected chi connectivity index (χ0v) is 11.8. The molecule has 2 aromatic rings. The van der Waals surface area contributed by atoms with Gasteiger partial charge in [-0.15, -0.1) is 0 Å². The molecule has 0 aromatic heterocycles. The number of nitrogens with one attached hydrogen (secondary N) is 1. The lowest BCUT2D eigenvalue weighted by atomic mass is 10.1. The van der Waals surface area contributed by atoms with Crippen molar-refractivity contribution in [2.75, 3.05) is 11.9 Å². The molecular formula is C15H18BrN. The first kappa shape index (κ1) is 12.4. The van der Waals surface area contributed by atoms with Crippen LogP contribution in [0, 0.1) is 0 Å². The third-order valence-corrected chi connectivity index (χ3v) is 3.66. The lowest BCUT2D eigenvalue weighted by molar-refractivity contribution is 0.744. The third kappa shape index (κ3) is 3.01. The summed E-state index contributed by atoms with van der Waals surface area (Å²) < 4.78 is 1.16. The average Bonchev–Trinajstić information content (AvgIpc) is 2.37. The van der Waals surface area contributed by atoms with Crippen LogP contribution in [0.25, 0.3) is 10.8 Å². The molecule has 0 saturated carbocycles. The van der Waals surface area contributed by atoms with Crippen molar-refractivity contribution in [3.63, 3.8) is 0 Å². The molecule has 90 valence electrons. The molecule has 0 unspecified atom stereocenters. The number of halogens is 1. The highest BCUT2D eigenvalue weighted by Gasteiger charge is 2.02. The maximum absolute atomic E-state index is 3.60. The molecule has 17 heavy (non-hydrogen) atoms. The Morgan fingerprint density at radius 1 is 1.00 bits per heavy atom. The first-order chi connectivity index (χ1) is 8.33. The number of hydrogen-bond acceptors (Lipinski definition) is 1. The van der Waals surface area contributed by atoms with Crippen molar-refractivity contribution < 1.29 is 0 Å². The van der Waals surface area contributed by atoms with E-state index >= 15 is 0 Å². The number of benzene rings is 2. The lowest BCUT2D eigenvalue weighted by Gasteiger charge is -2.10. The second-order valence-corrected chi connectivity index (χ2v) is 5.13. The first-order valence-electron chi connectivity index (χ1n) is 6.24. The number of anilines is 1. The van der Waals surface area contributed by atoms with Gasteiger partial charge in [0.1, 0.15) is 0 Å². The van der Waals surface area contributed by atoms with Crippen LogP contribution in [0.2, 0.25) is 0 Å². The fourth-order valence-corrected chi connectivity index (χ4v) is 2.49. The predicted octanol–water partition coefficient (Wildman–Crippen LogP) is 5.20. The topological polar surface area (TPSA) is 12.0 Å². The summed E-state index contributed by atoms with van der Waals surface area (Å²) in [5.41, 5.74) is 1.24. The van der Waals surface area contributed by atoms with Gasteiger partial charge in [0.15, 0.2) is 0 Å². The van der Waals surface area contributed by atoms with E-state index in [1.807, 2.05) is 0 Å². The van der Waals surface area contributed by atoms with Gasteiger partial charge in [0.05, 0.1) is 0 Å². The summed E-state index contributed by atoms with van der Waals surface area (Å²) in [5, 5.41) is 6.09. The quantitative estimate of drug-likeness (QED) is 0.746. The van der Waals surface area contributed by atoms with Crippen LogP contribution < -0.4 is 5.32 Å². The summed E-state index contributed by atoms with van der Waals surface area (Å²) in [6, 6.07) is 12.8. The average molecular weight is 292 g/mol. The molecule has 0 aliphatic heterocycles. The predicted molar refractivity (Wildman–Crippen MR) is 79.7 cm³/mol. The monoisotopic (exact) mass is 291 g/mol. The van der Waals surface area contributed by atoms with E-state index < -0.39 is 0 Å². The van der Waals surface area contributed by atoms with Crippen molar-refractivity contribution >= 4 is 32.4 Å². The normalized spacial score (nSPS) is 10.7. The van der Waals surface area contributed by atoms with Gasteiger partial charge in [-0.05, 0) is 23.9 Å². The summed E-state index contributed by atoms with van der Waals surface area (Å²) >= 11 is 3.60. The zero-order chi connectivity index (χ0) is 12.1. The van der Waals surface area contributed by atoms with Crippen molar-refractivity contribution in [3.05, 3.63) is 40.9 Å². The molecule has 0 atom stereocenters. The third-order valence-electron chi connectivity index (χ3n) is 2.97. The van der Waals surface area contributed by atoms with E-state index in [1.165, 1.54) is 35.7 Å². The van der Waals surface area contributed by atoms with Crippen molar-refractivity contribution in [3.8, 4) is 0 Å². The number of fused-ring (bicyclic) bond motifs is 1. The van der Waals surface area contributed by atoms with Crippen LogP contribution in [0.5, 0.6) is 0 Å². The van der Waals surface area contributed by atoms with Gasteiger partial charge in [-0.3, -0.25) is 0 Å². The first-order valence-corrected chi connectivity index (χ1v) is 7.03. The summed E-state index contributed by atoms with van der Waals surface area (Å²) in [4.78, 5) is 0. The van der Waals surface area contributed by atoms with Crippen LogP contribution in [-0.4, -0.2) is 6.54 Å². The van der Waals surface area contributed by atoms with Crippen LogP contribution in [0.1, 0.15) is 26.2 Å². The second kappa shape index (κ2) is 6.06. The van der Waals surface area contributed by atoms with Crippen LogP contribution >= 0.6 is 15.9 Å². The van der Waals surface area contributed by atoms with E-state index in [4.69, 9.17) is 0 Å². The Bertz CT molecular complexity index is 493. The molecular weight excluding hydrogens is 274 g/mol. The minimum absolute atomic E-state index is 1.06. The van der Waals surface area contributed by atoms with Crippen LogP contribution in [0.15, 0.2) is 40.9 Å². The molecule has 1 nitrogen and oxygen atoms in total. The Morgan fingerprint density at radius 2 is 1.76 bits per heavy atom. The molecule has 0 radical (unpaired) electrons. The fourth-order valence-electron chi connectivity index (χ4n) is 2.01. The summed E-state index contributed by atoms with van der Waals surface area (Å²) in [6.07, 6.45) is 3.80. The SMILES string of the molecule is CCCCCNc1ccc(Br)c2ccccc12. The molecule has 1 N–H and O–H groups in total. The molecule has 0 fully saturated rings. The molecule has 2 aromatic carbocycles. The minimum atomic E-state index is 1.06. The standard InChI is InChI=1S/C15H18BrN/c1-2-3-6-11-17-15-10-9-14(16)12-7-4-5-8-13(12)15/h4-5,7-10,17H,2-3,6,11H2,1H3. The van der Waals surface area contributed by atoms with E-state index in [-0.39, 0.29) is 0 Å². The summed E-state index contributed by atoms with van der Waals surface area (Å²) in [7, 11) is 0. The number of rotatable bonds is 5. The fraction of sp³-hybridized carbons (Fsp3) is 0.333. The molecule has 0 amide bonds. The van der Waals surface area contributed by atoms with Gasteiger partial charge in [-0.2, -0.15) is 0 Å². The number of hydrogen-bond donors (Lipinski definition) is 1. The Labute approximate surface area is 111 Å². The highest BCUT2D eigenvalue weighted by atomic mass is 79.9. The van der Waals surface area contributed by atoms with E-state index in [1.54, 1.807) is 0 Å². The number of unbranched alkanes of at least 4 members (excludes halogenated alkanes) is 2. The van der Waals surface area contributed by atoms with Crippen LogP contribution in [0.4, 0.5) is 5.69 Å². The van der Waals surface area contributed by atoms with E-state index in [2.05, 4.69) is 64.6 Å². The molecule has 2 heteroatoms. The Morgan fingerprint density at radius 3 is 2.53 bits per heavy atom. The molecule has 0 saturated heterocycles. The van der Waals surface area contributed by atoms with Gasteiger partial charge < -0.3 is 5.32 Å². The van der Waals surface area contributed by atoms with E-state index in [9.17, 15) is 0 Å². The van der Waals surface area contributed by atoms with Gasteiger partial charge in [0.2, 0.25) is 0 Å². The van der Waals surface area contributed by atoms with Crippen molar-refractivity contribution in [1.82, 2.24) is 0 Å². The van der Waals surface area contributed by atoms with Gasteiger partial charge in [-0.25, -0.2) is 0 Å². The van der Waals surface area contributed by atoms with Crippen molar-refractivity contribution in [1.29, 1.82) is 0 Å². The van der Waals surface area contributed by atoms with Crippen LogP contribution in [0.3, 0.4) is 0 Å². The van der Waals surface area contributed by atoms with Crippen LogP contribution in [-0.2, 0) is 0 Å². The van der Waals surface area contributed by atoms with Crippen molar-refractivity contribution in [2.24, 2.45) is 0 Å². The molecule has 0 bridgehead atoms. The Hall–Kier alpha value is -1.02. The van der Waals surface area contributed by atoms with Gasteiger partial charge in [0, 0.05) is 22.1 Å². The minimum Gasteiger partial charge on any atom is -0.385 e. The molecule has 0 aliphatic rings. The molecule has 2 rings (SSSR count). The molecule has 0 aliphatic carbocycles. The van der Waals surface area contributed by atoms with Gasteiger partial charge in [-0.1, -0.05) is 60.0 Å². The highest BCUT2D eigenvalue weighted by Crippen LogP contribution is 2.29. The zero-order valence-electron chi connectivity index (χ0n) is 10.2. The summed E-state index contributed by atoms with van der Waals surface area (Å²) in [5.74, 6) is 0. The largest absolute Gasteiger partial charge is 0.385 e. The maximum Gasteiger partial charge on any atom is 0.0420 e. The van der Waals surface area contributed by atoms with Gasteiger partial charge in [0.25, 0.3) is 0 Å². The summed E-state index contributed by atoms with van der Waals surface area (Å²) in [6.45, 7) is 3.29. The molecule has 0 spiro atoms. The Kier molecular flexibility index (Phi) is 4.43. The highest BCUT2D eigenvalue weighted by molar-refractivity contribution is 9.10.